The summed E-state index contributed by atoms with van der Waals surface area (Å²) in [7, 11) is 0. The first kappa shape index (κ1) is 73.9. The van der Waals surface area contributed by atoms with E-state index in [0.717, 1.165) is 30.8 Å². The first-order valence-electron chi connectivity index (χ1n) is 29.4. The van der Waals surface area contributed by atoms with Crippen LogP contribution in [0, 0.1) is 0 Å². The van der Waals surface area contributed by atoms with Gasteiger partial charge in [-0.25, -0.2) is 19.9 Å². The van der Waals surface area contributed by atoms with Gasteiger partial charge >= 0.3 is 0 Å². The van der Waals surface area contributed by atoms with E-state index in [1.807, 2.05) is 0 Å². The van der Waals surface area contributed by atoms with Crippen molar-refractivity contribution in [2.75, 3.05) is 24.7 Å². The van der Waals surface area contributed by atoms with E-state index in [1.54, 1.807) is 59.9 Å². The number of benzene rings is 4. The number of hydrogen-bond acceptors (Lipinski definition) is 20. The van der Waals surface area contributed by atoms with Crippen molar-refractivity contribution in [1.82, 2.24) is 38.2 Å². The third-order valence-electron chi connectivity index (χ3n) is 15.7. The van der Waals surface area contributed by atoms with Gasteiger partial charge in [0.25, 0.3) is 22.2 Å². The number of thioether (sulfide) groups is 2. The van der Waals surface area contributed by atoms with E-state index in [-0.39, 0.29) is 108 Å². The Balaban J connectivity index is 0.000000148. The number of aliphatic hydroxyl groups excluding tert-OH is 4. The van der Waals surface area contributed by atoms with Crippen LogP contribution in [0.4, 0.5) is 0 Å². The van der Waals surface area contributed by atoms with E-state index < -0.39 is 36.6 Å². The normalized spacial score (nSPS) is 21.1. The summed E-state index contributed by atoms with van der Waals surface area (Å²) in [5, 5.41) is 42.3. The van der Waals surface area contributed by atoms with E-state index in [0.29, 0.717) is 114 Å². The summed E-state index contributed by atoms with van der Waals surface area (Å²) in [5.74, 6) is 1.27. The Labute approximate surface area is 597 Å². The third kappa shape index (κ3) is 19.1. The quantitative estimate of drug-likeness (QED) is 0.0699. The lowest BCUT2D eigenvalue weighted by Gasteiger charge is -2.27. The molecule has 0 amide bonds. The molecule has 4 aliphatic rings. The van der Waals surface area contributed by atoms with Crippen LogP contribution < -0.4 is 22.2 Å². The predicted molar refractivity (Wildman–Crippen MR) is 377 cm³/mol. The minimum atomic E-state index is -0.634. The van der Waals surface area contributed by atoms with Gasteiger partial charge in [0.2, 0.25) is 0 Å². The SMILES string of the molecule is O=C(CC1OCCC1O)Cn1cnc2cc(Br)c(Cl)cc2c1=O.O=C(CC1OCCCC1O)Cn1cnc2cc(Br)c(Cl)cc2c1=O.O=C(CC1SCCC1O)Cn1cnc2cc(Br)c(Cl)cc2c1=O.O=C(CC1SCCCC1O)Cn1cnc2cc(Br)c(Cl)cc2c1=O. The van der Waals surface area contributed by atoms with Crippen LogP contribution in [-0.4, -0.2) is 154 Å². The van der Waals surface area contributed by atoms with Gasteiger partial charge in [-0.2, -0.15) is 23.5 Å². The largest absolute Gasteiger partial charge is 0.392 e. The number of ether oxygens (including phenoxy) is 2. The molecule has 4 saturated heterocycles. The highest BCUT2D eigenvalue weighted by Gasteiger charge is 2.31. The molecule has 4 aliphatic heterocycles. The summed E-state index contributed by atoms with van der Waals surface area (Å²) >= 11 is 40.5. The molecule has 8 aromatic rings. The second-order valence-electron chi connectivity index (χ2n) is 22.6. The first-order chi connectivity index (χ1) is 44.8. The fraction of sp³-hybridized carbons (Fsp3) is 0.419. The van der Waals surface area contributed by atoms with Gasteiger partial charge in [0.1, 0.15) is 0 Å². The summed E-state index contributed by atoms with van der Waals surface area (Å²) in [4.78, 5) is 116. The molecule has 4 aromatic carbocycles. The lowest BCUT2D eigenvalue weighted by atomic mass is 10.0. The number of carbonyl (C=O) groups excluding carboxylic acids is 4. The van der Waals surface area contributed by atoms with Crippen molar-refractivity contribution in [3.05, 3.63) is 153 Å². The monoisotopic (exact) mass is 1660 g/mol. The zero-order valence-corrected chi connectivity index (χ0v) is 60.6. The van der Waals surface area contributed by atoms with Crippen LogP contribution in [0.25, 0.3) is 43.6 Å². The van der Waals surface area contributed by atoms with Crippen LogP contribution in [-0.2, 0) is 54.8 Å². The molecule has 8 heterocycles. The molecule has 94 heavy (non-hydrogen) atoms. The second kappa shape index (κ2) is 33.9. The van der Waals surface area contributed by atoms with Gasteiger partial charge in [-0.1, -0.05) is 46.4 Å². The van der Waals surface area contributed by atoms with Crippen LogP contribution in [0.1, 0.15) is 64.2 Å². The molecule has 0 aliphatic carbocycles. The van der Waals surface area contributed by atoms with Gasteiger partial charge in [-0.05, 0) is 162 Å². The first-order valence-corrected chi connectivity index (χ1v) is 36.2. The lowest BCUT2D eigenvalue weighted by Crippen LogP contribution is -2.37. The molecule has 500 valence electrons. The van der Waals surface area contributed by atoms with Gasteiger partial charge in [-0.15, -0.1) is 0 Å². The van der Waals surface area contributed by atoms with Crippen molar-refractivity contribution in [3.8, 4) is 0 Å². The highest BCUT2D eigenvalue weighted by Crippen LogP contribution is 2.32. The number of fused-ring (bicyclic) bond motifs is 4. The van der Waals surface area contributed by atoms with Crippen LogP contribution in [0.5, 0.6) is 0 Å². The van der Waals surface area contributed by atoms with Crippen molar-refractivity contribution < 1.29 is 49.1 Å². The van der Waals surface area contributed by atoms with Crippen molar-refractivity contribution in [2.24, 2.45) is 0 Å². The highest BCUT2D eigenvalue weighted by molar-refractivity contribution is 9.11. The van der Waals surface area contributed by atoms with E-state index in [9.17, 15) is 58.8 Å². The number of hydrogen-bond donors (Lipinski definition) is 4. The van der Waals surface area contributed by atoms with Crippen molar-refractivity contribution >= 4 is 200 Å². The maximum atomic E-state index is 12.5. The average molecular weight is 1670 g/mol. The number of aromatic nitrogens is 8. The molecule has 4 N–H and O–H groups in total. The third-order valence-corrected chi connectivity index (χ3v) is 23.3. The minimum Gasteiger partial charge on any atom is -0.392 e. The van der Waals surface area contributed by atoms with Crippen LogP contribution in [0.15, 0.2) is 111 Å². The summed E-state index contributed by atoms with van der Waals surface area (Å²) in [6.07, 6.45) is 7.36. The standard InChI is InChI=1S/C16H16BrClN2O4.C16H16BrClN2O3S.C15H14BrClN2O4.C15H14BrClN2O3S/c2*17-11-6-13-10(5-12(11)18)16(23)20(8-19-13)7-9(21)4-15-14(22)2-1-3-24-15;2*16-10-5-12-9(4-11(10)17)15(22)19(7-18-12)6-8(20)3-14-13(21)1-2-23-14/h2*5-6,8,14-15,22H,1-4,7H2;2*4-5,7,13-14,21H,1-3,6H2. The second-order valence-corrected chi connectivity index (χ2v) is 30.3. The number of ketones is 4. The molecule has 22 nitrogen and oxygen atoms in total. The molecular weight excluding hydrogens is 1610 g/mol. The molecule has 12 rings (SSSR count). The Morgan fingerprint density at radius 3 is 1.04 bits per heavy atom. The maximum absolute atomic E-state index is 12.5. The molecule has 4 fully saturated rings. The fourth-order valence-electron chi connectivity index (χ4n) is 10.7. The average Bonchev–Trinajstić information content (AvgIpc) is 0.943. The minimum absolute atomic E-state index is 0.0424. The fourth-order valence-corrected chi connectivity index (χ4v) is 15.3. The molecule has 0 spiro atoms. The predicted octanol–water partition coefficient (Wildman–Crippen LogP) is 9.90. The Morgan fingerprint density at radius 2 is 0.734 bits per heavy atom. The number of halogens is 8. The van der Waals surface area contributed by atoms with E-state index in [4.69, 9.17) is 55.9 Å². The Kier molecular flexibility index (Phi) is 26.7. The van der Waals surface area contributed by atoms with Gasteiger partial charge in [0.15, 0.2) is 23.1 Å². The van der Waals surface area contributed by atoms with E-state index in [2.05, 4.69) is 83.7 Å². The molecular formula is C62H60Br4Cl4N8O14S2. The summed E-state index contributed by atoms with van der Waals surface area (Å²) in [6, 6.07) is 12.8. The van der Waals surface area contributed by atoms with E-state index in [1.165, 1.54) is 55.7 Å². The molecule has 32 heteroatoms. The zero-order valence-electron chi connectivity index (χ0n) is 49.6. The molecule has 0 radical (unpaired) electrons. The molecule has 0 bridgehead atoms. The van der Waals surface area contributed by atoms with Gasteiger partial charge in [0, 0.05) is 67.3 Å². The Bertz CT molecular complexity index is 4160. The number of nitrogens with zero attached hydrogens (tertiary/aromatic N) is 8. The molecule has 0 saturated carbocycles. The Hall–Kier alpha value is -4.34. The number of Topliss-reactive ketones (excluding diaryl/α,β-unsaturated/α-hetero) is 4. The summed E-state index contributed by atoms with van der Waals surface area (Å²) in [6.45, 7) is 0.687. The molecule has 8 atom stereocenters. The number of aliphatic hydroxyl groups is 4. The summed E-state index contributed by atoms with van der Waals surface area (Å²) in [5.41, 5.74) is 0.820. The van der Waals surface area contributed by atoms with Crippen molar-refractivity contribution in [2.45, 2.75) is 138 Å². The number of rotatable bonds is 16. The molecule has 8 unspecified atom stereocenters. The maximum Gasteiger partial charge on any atom is 0.261 e. The smallest absolute Gasteiger partial charge is 0.261 e. The van der Waals surface area contributed by atoms with Crippen molar-refractivity contribution in [1.29, 1.82) is 0 Å². The van der Waals surface area contributed by atoms with Crippen LogP contribution in [0.2, 0.25) is 20.1 Å². The summed E-state index contributed by atoms with van der Waals surface area (Å²) < 4.78 is 18.5. The van der Waals surface area contributed by atoms with Crippen LogP contribution >= 0.6 is 134 Å². The van der Waals surface area contributed by atoms with Crippen LogP contribution in [0.3, 0.4) is 0 Å². The van der Waals surface area contributed by atoms with Crippen molar-refractivity contribution in [3.63, 3.8) is 0 Å². The zero-order chi connectivity index (χ0) is 67.7. The van der Waals surface area contributed by atoms with E-state index >= 15 is 0 Å². The molecule has 4 aromatic heterocycles. The lowest BCUT2D eigenvalue weighted by molar-refractivity contribution is -0.129. The highest BCUT2D eigenvalue weighted by atomic mass is 79.9. The van der Waals surface area contributed by atoms with Gasteiger partial charge in [0.05, 0.1) is 152 Å². The topological polar surface area (TPSA) is 307 Å². The Morgan fingerprint density at radius 1 is 0.426 bits per heavy atom. The van der Waals surface area contributed by atoms with Gasteiger partial charge < -0.3 is 29.9 Å². The van der Waals surface area contributed by atoms with Gasteiger partial charge in [-0.3, -0.25) is 56.6 Å². The number of carbonyl (C=O) groups is 4.